The van der Waals surface area contributed by atoms with E-state index in [4.69, 9.17) is 4.74 Å². The minimum absolute atomic E-state index is 0.0335. The quantitative estimate of drug-likeness (QED) is 0.876. The lowest BCUT2D eigenvalue weighted by molar-refractivity contribution is -0.128. The maximum absolute atomic E-state index is 12.5. The number of likely N-dealkylation sites (N-methyl/N-ethyl adjacent to an activating group) is 1. The first-order valence-corrected chi connectivity index (χ1v) is 8.02. The van der Waals surface area contributed by atoms with Crippen LogP contribution in [-0.4, -0.2) is 38.6 Å². The summed E-state index contributed by atoms with van der Waals surface area (Å²) in [6.45, 7) is 0.475. The Balaban J connectivity index is 2.08. The van der Waals surface area contributed by atoms with Crippen LogP contribution in [0.4, 0.5) is 0 Å². The molecule has 23 heavy (non-hydrogen) atoms. The zero-order valence-corrected chi connectivity index (χ0v) is 14.1. The number of amides is 1. The third kappa shape index (κ3) is 3.83. The third-order valence-electron chi connectivity index (χ3n) is 4.66. The van der Waals surface area contributed by atoms with Crippen LogP contribution in [0.3, 0.4) is 0 Å². The molecular formula is C18H25N3O2. The van der Waals surface area contributed by atoms with Gasteiger partial charge in [-0.1, -0.05) is 25.0 Å². The molecule has 1 unspecified atom stereocenters. The zero-order chi connectivity index (χ0) is 16.9. The van der Waals surface area contributed by atoms with Crippen LogP contribution in [0, 0.1) is 16.7 Å². The van der Waals surface area contributed by atoms with Crippen LogP contribution in [0.15, 0.2) is 24.3 Å². The Morgan fingerprint density at radius 2 is 2.13 bits per heavy atom. The summed E-state index contributed by atoms with van der Waals surface area (Å²) in [4.78, 5) is 14.6. The van der Waals surface area contributed by atoms with Crippen LogP contribution in [0.25, 0.3) is 0 Å². The molecule has 1 amide bonds. The molecule has 1 atom stereocenters. The number of benzene rings is 1. The van der Waals surface area contributed by atoms with Crippen molar-refractivity contribution in [3.8, 4) is 11.8 Å². The Labute approximate surface area is 138 Å². The highest BCUT2D eigenvalue weighted by atomic mass is 16.5. The van der Waals surface area contributed by atoms with Crippen molar-refractivity contribution < 1.29 is 9.53 Å². The number of hydrogen-bond donors (Lipinski definition) is 1. The van der Waals surface area contributed by atoms with E-state index in [1.54, 1.807) is 7.11 Å². The van der Waals surface area contributed by atoms with Gasteiger partial charge in [0.1, 0.15) is 11.2 Å². The van der Waals surface area contributed by atoms with Crippen LogP contribution in [0.5, 0.6) is 5.75 Å². The summed E-state index contributed by atoms with van der Waals surface area (Å²) in [5.74, 6) is 0.664. The predicted molar refractivity (Wildman–Crippen MR) is 88.9 cm³/mol. The molecular weight excluding hydrogens is 290 g/mol. The molecule has 5 nitrogen and oxygen atoms in total. The number of carbonyl (C=O) groups is 1. The van der Waals surface area contributed by atoms with Gasteiger partial charge in [0.15, 0.2) is 0 Å². The van der Waals surface area contributed by atoms with Crippen molar-refractivity contribution in [3.63, 3.8) is 0 Å². The molecule has 1 saturated carbocycles. The molecule has 1 aromatic rings. The lowest BCUT2D eigenvalue weighted by Gasteiger charge is -2.27. The summed E-state index contributed by atoms with van der Waals surface area (Å²) in [5.41, 5.74) is 0.248. The Hall–Kier alpha value is -2.06. The lowest BCUT2D eigenvalue weighted by atomic mass is 9.87. The summed E-state index contributed by atoms with van der Waals surface area (Å²) < 4.78 is 5.28. The van der Waals surface area contributed by atoms with Gasteiger partial charge in [0, 0.05) is 6.54 Å². The third-order valence-corrected chi connectivity index (χ3v) is 4.66. The van der Waals surface area contributed by atoms with Gasteiger partial charge in [0.05, 0.1) is 19.2 Å². The Bertz CT molecular complexity index is 586. The molecule has 1 N–H and O–H groups in total. The lowest BCUT2D eigenvalue weighted by Crippen LogP contribution is -2.42. The van der Waals surface area contributed by atoms with Crippen LogP contribution >= 0.6 is 0 Å². The molecule has 0 aliphatic heterocycles. The minimum atomic E-state index is -0.828. The number of ether oxygens (including phenoxy) is 1. The van der Waals surface area contributed by atoms with Crippen molar-refractivity contribution in [3.05, 3.63) is 29.8 Å². The smallest absolute Gasteiger partial charge is 0.240 e. The molecule has 1 fully saturated rings. The molecule has 1 aromatic carbocycles. The number of methoxy groups -OCH3 is 1. The van der Waals surface area contributed by atoms with Gasteiger partial charge < -0.3 is 15.0 Å². The molecule has 2 rings (SSSR count). The number of rotatable bonds is 6. The molecule has 0 bridgehead atoms. The predicted octanol–water partition coefficient (Wildman–Crippen LogP) is 2.50. The second-order valence-electron chi connectivity index (χ2n) is 6.37. The van der Waals surface area contributed by atoms with Crippen LogP contribution < -0.4 is 10.1 Å². The Morgan fingerprint density at radius 1 is 1.43 bits per heavy atom. The van der Waals surface area contributed by atoms with E-state index in [0.717, 1.165) is 24.2 Å². The first kappa shape index (κ1) is 17.3. The summed E-state index contributed by atoms with van der Waals surface area (Å²) in [7, 11) is 5.60. The number of carbonyl (C=O) groups excluding carboxylic acids is 1. The highest BCUT2D eigenvalue weighted by Gasteiger charge is 2.41. The fraction of sp³-hybridized carbons (Fsp3) is 0.556. The van der Waals surface area contributed by atoms with Crippen molar-refractivity contribution in [1.82, 2.24) is 10.2 Å². The van der Waals surface area contributed by atoms with E-state index in [1.807, 2.05) is 38.4 Å². The SMILES string of the molecule is COc1cccc(C(CNC(=O)C2(C#N)CCCC2)N(C)C)c1. The molecule has 1 aliphatic rings. The molecule has 0 saturated heterocycles. The molecule has 5 heteroatoms. The van der Waals surface area contributed by atoms with Crippen molar-refractivity contribution in [2.45, 2.75) is 31.7 Å². The maximum atomic E-state index is 12.5. The van der Waals surface area contributed by atoms with E-state index in [2.05, 4.69) is 16.3 Å². The average molecular weight is 315 g/mol. The van der Waals surface area contributed by atoms with Gasteiger partial charge in [0.25, 0.3) is 0 Å². The second-order valence-corrected chi connectivity index (χ2v) is 6.37. The van der Waals surface area contributed by atoms with Gasteiger partial charge in [-0.05, 0) is 44.6 Å². The summed E-state index contributed by atoms with van der Waals surface area (Å²) in [5, 5.41) is 12.4. The number of nitriles is 1. The van der Waals surface area contributed by atoms with E-state index < -0.39 is 5.41 Å². The van der Waals surface area contributed by atoms with Gasteiger partial charge >= 0.3 is 0 Å². The van der Waals surface area contributed by atoms with E-state index >= 15 is 0 Å². The molecule has 1 aliphatic carbocycles. The first-order valence-electron chi connectivity index (χ1n) is 8.02. The van der Waals surface area contributed by atoms with E-state index in [9.17, 15) is 10.1 Å². The van der Waals surface area contributed by atoms with Crippen molar-refractivity contribution in [2.24, 2.45) is 5.41 Å². The summed E-state index contributed by atoms with van der Waals surface area (Å²) in [6.07, 6.45) is 3.24. The Kier molecular flexibility index (Phi) is 5.62. The number of hydrogen-bond acceptors (Lipinski definition) is 4. The molecule has 0 aromatic heterocycles. The van der Waals surface area contributed by atoms with Gasteiger partial charge in [-0.3, -0.25) is 4.79 Å². The van der Waals surface area contributed by atoms with Crippen LogP contribution in [-0.2, 0) is 4.79 Å². The van der Waals surface area contributed by atoms with E-state index in [0.29, 0.717) is 19.4 Å². The first-order chi connectivity index (χ1) is 11.0. The fourth-order valence-electron chi connectivity index (χ4n) is 3.17. The van der Waals surface area contributed by atoms with E-state index in [-0.39, 0.29) is 11.9 Å². The molecule has 0 heterocycles. The molecule has 124 valence electrons. The number of nitrogens with one attached hydrogen (secondary N) is 1. The van der Waals surface area contributed by atoms with Crippen molar-refractivity contribution in [1.29, 1.82) is 5.26 Å². The summed E-state index contributed by atoms with van der Waals surface area (Å²) >= 11 is 0. The molecule has 0 spiro atoms. The van der Waals surface area contributed by atoms with E-state index in [1.165, 1.54) is 0 Å². The molecule has 0 radical (unpaired) electrons. The maximum Gasteiger partial charge on any atom is 0.240 e. The monoisotopic (exact) mass is 315 g/mol. The van der Waals surface area contributed by atoms with Gasteiger partial charge in [-0.2, -0.15) is 5.26 Å². The minimum Gasteiger partial charge on any atom is -0.497 e. The topological polar surface area (TPSA) is 65.4 Å². The standard InChI is InChI=1S/C18H25N3O2/c1-21(2)16(14-7-6-8-15(11-14)23-3)12-20-17(22)18(13-19)9-4-5-10-18/h6-8,11,16H,4-5,9-10,12H2,1-3H3,(H,20,22). The second kappa shape index (κ2) is 7.47. The highest BCUT2D eigenvalue weighted by molar-refractivity contribution is 5.85. The normalized spacial score (nSPS) is 17.5. The average Bonchev–Trinajstić information content (AvgIpc) is 3.05. The van der Waals surface area contributed by atoms with Crippen molar-refractivity contribution in [2.75, 3.05) is 27.7 Å². The fourth-order valence-corrected chi connectivity index (χ4v) is 3.17. The Morgan fingerprint density at radius 3 is 2.70 bits per heavy atom. The zero-order valence-electron chi connectivity index (χ0n) is 14.1. The van der Waals surface area contributed by atoms with Crippen LogP contribution in [0.1, 0.15) is 37.3 Å². The summed E-state index contributed by atoms with van der Waals surface area (Å²) in [6, 6.07) is 10.1. The van der Waals surface area contributed by atoms with Gasteiger partial charge in [-0.25, -0.2) is 0 Å². The highest BCUT2D eigenvalue weighted by Crippen LogP contribution is 2.37. The van der Waals surface area contributed by atoms with Gasteiger partial charge in [0.2, 0.25) is 5.91 Å². The van der Waals surface area contributed by atoms with Gasteiger partial charge in [-0.15, -0.1) is 0 Å². The number of nitrogens with zero attached hydrogens (tertiary/aromatic N) is 2. The van der Waals surface area contributed by atoms with Crippen molar-refractivity contribution >= 4 is 5.91 Å². The largest absolute Gasteiger partial charge is 0.497 e. The van der Waals surface area contributed by atoms with Crippen LogP contribution in [0.2, 0.25) is 0 Å².